The Labute approximate surface area is 110 Å². The zero-order valence-corrected chi connectivity index (χ0v) is 10.9. The van der Waals surface area contributed by atoms with Crippen LogP contribution in [0.5, 0.6) is 0 Å². The van der Waals surface area contributed by atoms with E-state index in [4.69, 9.17) is 5.73 Å². The van der Waals surface area contributed by atoms with Gasteiger partial charge in [-0.15, -0.1) is 0 Å². The Hall–Kier alpha value is -2.37. The van der Waals surface area contributed by atoms with Crippen molar-refractivity contribution in [3.05, 3.63) is 30.1 Å². The highest BCUT2D eigenvalue weighted by Crippen LogP contribution is 2.21. The molecule has 3 N–H and O–H groups in total. The van der Waals surface area contributed by atoms with Crippen LogP contribution in [0, 0.1) is 0 Å². The molecule has 1 aromatic carbocycles. The van der Waals surface area contributed by atoms with E-state index in [1.54, 1.807) is 6.92 Å². The normalized spacial score (nSPS) is 12.3. The number of hydrogen-bond acceptors (Lipinski definition) is 3. The molecule has 0 aliphatic heterocycles. The van der Waals surface area contributed by atoms with Gasteiger partial charge in [-0.2, -0.15) is 0 Å². The van der Waals surface area contributed by atoms with Gasteiger partial charge in [0.15, 0.2) is 0 Å². The zero-order chi connectivity index (χ0) is 14.0. The number of nitrogens with zero attached hydrogens (tertiary/aromatic N) is 2. The summed E-state index contributed by atoms with van der Waals surface area (Å²) in [6, 6.07) is 6.18. The van der Waals surface area contributed by atoms with Gasteiger partial charge in [-0.25, -0.2) is 9.78 Å². The van der Waals surface area contributed by atoms with Crippen molar-refractivity contribution in [2.75, 3.05) is 0 Å². The van der Waals surface area contributed by atoms with Crippen LogP contribution in [-0.2, 0) is 11.2 Å². The Bertz CT molecular complexity index is 633. The molecule has 1 aromatic heterocycles. The van der Waals surface area contributed by atoms with Crippen LogP contribution in [0.2, 0.25) is 0 Å². The molecule has 0 aliphatic rings. The molecule has 1 atom stereocenters. The molecule has 1 heterocycles. The summed E-state index contributed by atoms with van der Waals surface area (Å²) >= 11 is 0. The van der Waals surface area contributed by atoms with Crippen molar-refractivity contribution in [3.63, 3.8) is 0 Å². The minimum atomic E-state index is -0.848. The molecule has 2 rings (SSSR count). The molecule has 3 amide bonds. The van der Waals surface area contributed by atoms with Gasteiger partial charge >= 0.3 is 6.03 Å². The standard InChI is InChI=1S/C13H16N4O2/c1-3-11-15-9-6-4-5-7-10(9)17(11)8(2)12(18)16-13(14)19/h4-8H,3H2,1-2H3,(H3,14,16,18,19). The van der Waals surface area contributed by atoms with Gasteiger partial charge in [0.1, 0.15) is 11.9 Å². The summed E-state index contributed by atoms with van der Waals surface area (Å²) in [5, 5.41) is 2.10. The monoisotopic (exact) mass is 260 g/mol. The van der Waals surface area contributed by atoms with Crippen molar-refractivity contribution in [1.82, 2.24) is 14.9 Å². The Kier molecular flexibility index (Phi) is 3.50. The summed E-state index contributed by atoms with van der Waals surface area (Å²) in [6.07, 6.45) is 0.697. The third-order valence-electron chi connectivity index (χ3n) is 3.00. The number of rotatable bonds is 3. The van der Waals surface area contributed by atoms with E-state index in [0.717, 1.165) is 16.9 Å². The quantitative estimate of drug-likeness (QED) is 0.872. The Morgan fingerprint density at radius 3 is 2.74 bits per heavy atom. The van der Waals surface area contributed by atoms with Crippen molar-refractivity contribution in [2.45, 2.75) is 26.3 Å². The summed E-state index contributed by atoms with van der Waals surface area (Å²) in [5.74, 6) is 0.360. The second-order valence-corrected chi connectivity index (χ2v) is 4.27. The van der Waals surface area contributed by atoms with E-state index in [9.17, 15) is 9.59 Å². The molecular formula is C13H16N4O2. The van der Waals surface area contributed by atoms with Gasteiger partial charge < -0.3 is 10.3 Å². The first-order valence-corrected chi connectivity index (χ1v) is 6.10. The van der Waals surface area contributed by atoms with E-state index >= 15 is 0 Å². The van der Waals surface area contributed by atoms with E-state index in [0.29, 0.717) is 6.42 Å². The summed E-state index contributed by atoms with van der Waals surface area (Å²) in [7, 11) is 0. The molecule has 6 heteroatoms. The zero-order valence-electron chi connectivity index (χ0n) is 10.9. The number of aryl methyl sites for hydroxylation is 1. The summed E-state index contributed by atoms with van der Waals surface area (Å²) in [6.45, 7) is 3.68. The van der Waals surface area contributed by atoms with Crippen molar-refractivity contribution in [2.24, 2.45) is 5.73 Å². The Morgan fingerprint density at radius 2 is 2.11 bits per heavy atom. The van der Waals surface area contributed by atoms with Crippen LogP contribution in [0.25, 0.3) is 11.0 Å². The van der Waals surface area contributed by atoms with E-state index in [1.807, 2.05) is 35.8 Å². The number of primary amides is 1. The molecule has 0 saturated heterocycles. The fraction of sp³-hybridized carbons (Fsp3) is 0.308. The van der Waals surface area contributed by atoms with Crippen LogP contribution in [0.1, 0.15) is 25.7 Å². The molecule has 6 nitrogen and oxygen atoms in total. The van der Waals surface area contributed by atoms with Crippen molar-refractivity contribution in [3.8, 4) is 0 Å². The molecule has 0 fully saturated rings. The van der Waals surface area contributed by atoms with E-state index in [-0.39, 0.29) is 0 Å². The van der Waals surface area contributed by atoms with Crippen LogP contribution in [-0.4, -0.2) is 21.5 Å². The Morgan fingerprint density at radius 1 is 1.42 bits per heavy atom. The number of fused-ring (bicyclic) bond motifs is 1. The second-order valence-electron chi connectivity index (χ2n) is 4.27. The number of benzene rings is 1. The highest BCUT2D eigenvalue weighted by atomic mass is 16.2. The first-order chi connectivity index (χ1) is 9.04. The van der Waals surface area contributed by atoms with Gasteiger partial charge in [-0.05, 0) is 19.1 Å². The second kappa shape index (κ2) is 5.09. The van der Waals surface area contributed by atoms with Crippen molar-refractivity contribution < 1.29 is 9.59 Å². The lowest BCUT2D eigenvalue weighted by molar-refractivity contribution is -0.122. The lowest BCUT2D eigenvalue weighted by Gasteiger charge is -2.15. The summed E-state index contributed by atoms with van der Waals surface area (Å²) in [5.41, 5.74) is 6.67. The maximum Gasteiger partial charge on any atom is 0.318 e. The van der Waals surface area contributed by atoms with Gasteiger partial charge in [0.2, 0.25) is 0 Å². The van der Waals surface area contributed by atoms with E-state index in [2.05, 4.69) is 10.3 Å². The number of imide groups is 1. The van der Waals surface area contributed by atoms with Crippen LogP contribution in [0.4, 0.5) is 4.79 Å². The molecule has 0 radical (unpaired) electrons. The molecule has 2 aromatic rings. The van der Waals surface area contributed by atoms with Gasteiger partial charge in [-0.1, -0.05) is 19.1 Å². The summed E-state index contributed by atoms with van der Waals surface area (Å²) in [4.78, 5) is 27.2. The predicted octanol–water partition coefficient (Wildman–Crippen LogP) is 1.35. The third kappa shape index (κ3) is 2.42. The maximum atomic E-state index is 11.9. The average Bonchev–Trinajstić information content (AvgIpc) is 2.75. The van der Waals surface area contributed by atoms with Crippen LogP contribution < -0.4 is 11.1 Å². The topological polar surface area (TPSA) is 90.0 Å². The molecule has 0 aliphatic carbocycles. The number of nitrogens with two attached hydrogens (primary N) is 1. The first kappa shape index (κ1) is 13.1. The largest absolute Gasteiger partial charge is 0.351 e. The number of hydrogen-bond donors (Lipinski definition) is 2. The minimum Gasteiger partial charge on any atom is -0.351 e. The SMILES string of the molecule is CCc1nc2ccccc2n1C(C)C(=O)NC(N)=O. The highest BCUT2D eigenvalue weighted by molar-refractivity contribution is 5.96. The van der Waals surface area contributed by atoms with Gasteiger partial charge in [0.05, 0.1) is 11.0 Å². The van der Waals surface area contributed by atoms with Crippen LogP contribution in [0.3, 0.4) is 0 Å². The van der Waals surface area contributed by atoms with Crippen molar-refractivity contribution in [1.29, 1.82) is 0 Å². The van der Waals surface area contributed by atoms with Gasteiger partial charge in [-0.3, -0.25) is 10.1 Å². The molecule has 100 valence electrons. The van der Waals surface area contributed by atoms with E-state index < -0.39 is 18.0 Å². The summed E-state index contributed by atoms with van der Waals surface area (Å²) < 4.78 is 1.83. The number of aromatic nitrogens is 2. The minimum absolute atomic E-state index is 0.439. The molecule has 1 unspecified atom stereocenters. The van der Waals surface area contributed by atoms with Gasteiger partial charge in [0.25, 0.3) is 5.91 Å². The molecular weight excluding hydrogens is 244 g/mol. The number of carbonyl (C=O) groups excluding carboxylic acids is 2. The smallest absolute Gasteiger partial charge is 0.318 e. The average molecular weight is 260 g/mol. The molecule has 0 spiro atoms. The number of imidazole rings is 1. The molecule has 0 saturated carbocycles. The van der Waals surface area contributed by atoms with Crippen molar-refractivity contribution >= 4 is 23.0 Å². The number of amides is 3. The maximum absolute atomic E-state index is 11.9. The Balaban J connectivity index is 2.48. The fourth-order valence-electron chi connectivity index (χ4n) is 2.12. The molecule has 0 bridgehead atoms. The van der Waals surface area contributed by atoms with Crippen LogP contribution >= 0.6 is 0 Å². The van der Waals surface area contributed by atoms with E-state index in [1.165, 1.54) is 0 Å². The number of carbonyl (C=O) groups is 2. The third-order valence-corrected chi connectivity index (χ3v) is 3.00. The lowest BCUT2D eigenvalue weighted by atomic mass is 10.2. The number of urea groups is 1. The van der Waals surface area contributed by atoms with Crippen LogP contribution in [0.15, 0.2) is 24.3 Å². The predicted molar refractivity (Wildman–Crippen MR) is 71.5 cm³/mol. The lowest BCUT2D eigenvalue weighted by Crippen LogP contribution is -2.39. The number of para-hydroxylation sites is 2. The van der Waals surface area contributed by atoms with Gasteiger partial charge in [0, 0.05) is 6.42 Å². The highest BCUT2D eigenvalue weighted by Gasteiger charge is 2.21. The fourth-order valence-corrected chi connectivity index (χ4v) is 2.12. The first-order valence-electron chi connectivity index (χ1n) is 6.10. The number of nitrogens with one attached hydrogen (secondary N) is 1. The molecule has 19 heavy (non-hydrogen) atoms.